The minimum absolute atomic E-state index is 0.104. The summed E-state index contributed by atoms with van der Waals surface area (Å²) in [6.07, 6.45) is 0. The summed E-state index contributed by atoms with van der Waals surface area (Å²) in [6, 6.07) is 61.9. The van der Waals surface area contributed by atoms with E-state index in [9.17, 15) is 0 Å². The topological polar surface area (TPSA) is 25.8 Å². The highest BCUT2D eigenvalue weighted by molar-refractivity contribution is 6.08. The first kappa shape index (κ1) is 32.8. The minimum Gasteiger partial charge on any atom is -0.228 e. The molecule has 9 aromatic rings. The molecule has 0 radical (unpaired) electrons. The Morgan fingerprint density at radius 2 is 0.946 bits per heavy atom. The Balaban J connectivity index is 1.13. The van der Waals surface area contributed by atoms with Crippen molar-refractivity contribution in [3.63, 3.8) is 0 Å². The molecule has 1 heterocycles. The lowest BCUT2D eigenvalue weighted by Crippen LogP contribution is -2.16. The summed E-state index contributed by atoms with van der Waals surface area (Å²) in [6.45, 7) is 9.44. The van der Waals surface area contributed by atoms with E-state index in [4.69, 9.17) is 9.97 Å². The summed E-state index contributed by atoms with van der Waals surface area (Å²) in [5.41, 5.74) is 18.0. The van der Waals surface area contributed by atoms with Gasteiger partial charge in [0.15, 0.2) is 5.82 Å². The zero-order valence-corrected chi connectivity index (χ0v) is 32.1. The molecule has 2 heteroatoms. The van der Waals surface area contributed by atoms with E-state index in [-0.39, 0.29) is 10.8 Å². The fraction of sp³-hybridized carbons (Fsp3) is 0.111. The molecule has 0 saturated carbocycles. The fourth-order valence-corrected chi connectivity index (χ4v) is 10.0. The molecule has 2 aliphatic carbocycles. The smallest absolute Gasteiger partial charge is 0.161 e. The van der Waals surface area contributed by atoms with E-state index in [0.717, 1.165) is 39.3 Å². The number of hydrogen-bond acceptors (Lipinski definition) is 2. The second-order valence-corrected chi connectivity index (χ2v) is 16.5. The van der Waals surface area contributed by atoms with Gasteiger partial charge < -0.3 is 0 Å². The molecule has 0 bridgehead atoms. The second-order valence-electron chi connectivity index (χ2n) is 16.5. The number of aromatic nitrogens is 2. The van der Waals surface area contributed by atoms with Gasteiger partial charge in [-0.15, -0.1) is 0 Å². The van der Waals surface area contributed by atoms with Gasteiger partial charge in [0.2, 0.25) is 0 Å². The molecular formula is C54H40N2. The Morgan fingerprint density at radius 1 is 0.357 bits per heavy atom. The fourth-order valence-electron chi connectivity index (χ4n) is 10.0. The Hall–Kier alpha value is -6.64. The minimum atomic E-state index is -0.170. The van der Waals surface area contributed by atoms with E-state index in [0.29, 0.717) is 0 Å². The zero-order valence-electron chi connectivity index (χ0n) is 32.1. The molecule has 0 unspecified atom stereocenters. The van der Waals surface area contributed by atoms with Gasteiger partial charge in [-0.25, -0.2) is 9.97 Å². The Labute approximate surface area is 328 Å². The van der Waals surface area contributed by atoms with Crippen LogP contribution in [0.15, 0.2) is 170 Å². The average Bonchev–Trinajstić information content (AvgIpc) is 3.63. The van der Waals surface area contributed by atoms with Gasteiger partial charge >= 0.3 is 0 Å². The van der Waals surface area contributed by atoms with Crippen LogP contribution in [0.4, 0.5) is 0 Å². The number of benzene rings is 8. The van der Waals surface area contributed by atoms with Crippen molar-refractivity contribution in [2.75, 3.05) is 0 Å². The number of fused-ring (bicyclic) bond motifs is 9. The Kier molecular flexibility index (Phi) is 6.98. The van der Waals surface area contributed by atoms with Crippen LogP contribution in [-0.4, -0.2) is 9.97 Å². The van der Waals surface area contributed by atoms with Crippen molar-refractivity contribution in [2.24, 2.45) is 0 Å². The van der Waals surface area contributed by atoms with Crippen LogP contribution in [0.25, 0.3) is 88.8 Å². The van der Waals surface area contributed by atoms with E-state index in [1.165, 1.54) is 71.8 Å². The van der Waals surface area contributed by atoms with Crippen LogP contribution in [0, 0.1) is 0 Å². The van der Waals surface area contributed by atoms with Gasteiger partial charge in [0, 0.05) is 27.5 Å². The van der Waals surface area contributed by atoms with Crippen LogP contribution in [0.3, 0.4) is 0 Å². The molecule has 0 atom stereocenters. The highest BCUT2D eigenvalue weighted by Crippen LogP contribution is 2.55. The monoisotopic (exact) mass is 716 g/mol. The van der Waals surface area contributed by atoms with Gasteiger partial charge in [-0.05, 0) is 89.3 Å². The van der Waals surface area contributed by atoms with Gasteiger partial charge in [-0.1, -0.05) is 185 Å². The largest absolute Gasteiger partial charge is 0.228 e. The summed E-state index contributed by atoms with van der Waals surface area (Å²) in [5, 5.41) is 4.93. The molecule has 56 heavy (non-hydrogen) atoms. The molecule has 0 amide bonds. The number of rotatable bonds is 4. The molecule has 11 rings (SSSR count). The maximum absolute atomic E-state index is 5.48. The first-order valence-electron chi connectivity index (χ1n) is 19.7. The SMILES string of the molecule is CC1(C)c2ccccc2-c2c(-c3cc(-c4ccccc4)nc(-c4ccc(-c5cccc6c5C(C)(C)c5ccc7ccccc7c5-6)c5ccccc45)n3)cccc21. The van der Waals surface area contributed by atoms with E-state index >= 15 is 0 Å². The lowest BCUT2D eigenvalue weighted by molar-refractivity contribution is 0.660. The van der Waals surface area contributed by atoms with Crippen LogP contribution < -0.4 is 0 Å². The summed E-state index contributed by atoms with van der Waals surface area (Å²) in [4.78, 5) is 10.8. The van der Waals surface area contributed by atoms with Gasteiger partial charge in [0.05, 0.1) is 11.4 Å². The molecule has 0 saturated heterocycles. The quantitative estimate of drug-likeness (QED) is 0.181. The molecule has 266 valence electrons. The van der Waals surface area contributed by atoms with Gasteiger partial charge in [-0.3, -0.25) is 0 Å². The molecule has 2 nitrogen and oxygen atoms in total. The van der Waals surface area contributed by atoms with Crippen molar-refractivity contribution in [3.05, 3.63) is 192 Å². The summed E-state index contributed by atoms with van der Waals surface area (Å²) < 4.78 is 0. The van der Waals surface area contributed by atoms with Crippen molar-refractivity contribution >= 4 is 21.5 Å². The van der Waals surface area contributed by atoms with Crippen molar-refractivity contribution in [1.29, 1.82) is 0 Å². The highest BCUT2D eigenvalue weighted by Gasteiger charge is 2.39. The van der Waals surface area contributed by atoms with Gasteiger partial charge in [-0.2, -0.15) is 0 Å². The molecular weight excluding hydrogens is 677 g/mol. The van der Waals surface area contributed by atoms with Crippen LogP contribution in [-0.2, 0) is 10.8 Å². The maximum atomic E-state index is 5.48. The zero-order chi connectivity index (χ0) is 37.8. The second kappa shape index (κ2) is 11.9. The third-order valence-corrected chi connectivity index (χ3v) is 12.7. The van der Waals surface area contributed by atoms with Crippen LogP contribution in [0.5, 0.6) is 0 Å². The number of nitrogens with zero attached hydrogens (tertiary/aromatic N) is 2. The molecule has 0 spiro atoms. The standard InChI is InChI=1S/C54H40N2/c1-53(2)44-26-13-12-22-41(44)50-42(24-15-27-45(50)53)48-32-47(34-17-6-5-7-18-34)55-52(56-48)40-30-29-38(36-20-10-11-21-37(36)40)39-23-14-25-43-49-35-19-9-8-16-33(35)28-31-46(49)54(3,4)51(39)43/h5-32H,1-4H3. The first-order valence-corrected chi connectivity index (χ1v) is 19.7. The van der Waals surface area contributed by atoms with Crippen molar-refractivity contribution in [1.82, 2.24) is 9.97 Å². The normalized spacial score (nSPS) is 14.4. The third kappa shape index (κ3) is 4.62. The van der Waals surface area contributed by atoms with Crippen LogP contribution >= 0.6 is 0 Å². The van der Waals surface area contributed by atoms with E-state index in [2.05, 4.69) is 198 Å². The molecule has 8 aromatic carbocycles. The third-order valence-electron chi connectivity index (χ3n) is 12.7. The van der Waals surface area contributed by atoms with Crippen molar-refractivity contribution in [2.45, 2.75) is 38.5 Å². The van der Waals surface area contributed by atoms with Crippen LogP contribution in [0.2, 0.25) is 0 Å². The summed E-state index contributed by atoms with van der Waals surface area (Å²) >= 11 is 0. The summed E-state index contributed by atoms with van der Waals surface area (Å²) in [7, 11) is 0. The Bertz CT molecular complexity index is 3080. The van der Waals surface area contributed by atoms with Gasteiger partial charge in [0.25, 0.3) is 0 Å². The van der Waals surface area contributed by atoms with E-state index in [1.54, 1.807) is 0 Å². The average molecular weight is 717 g/mol. The number of hydrogen-bond donors (Lipinski definition) is 0. The van der Waals surface area contributed by atoms with E-state index < -0.39 is 0 Å². The van der Waals surface area contributed by atoms with Crippen molar-refractivity contribution in [3.8, 4) is 67.3 Å². The first-order chi connectivity index (χ1) is 27.3. The predicted molar refractivity (Wildman–Crippen MR) is 234 cm³/mol. The van der Waals surface area contributed by atoms with Gasteiger partial charge in [0.1, 0.15) is 0 Å². The van der Waals surface area contributed by atoms with E-state index in [1.807, 2.05) is 0 Å². The summed E-state index contributed by atoms with van der Waals surface area (Å²) in [5.74, 6) is 0.727. The molecule has 1 aromatic heterocycles. The lowest BCUT2D eigenvalue weighted by Gasteiger charge is -2.25. The molecule has 0 N–H and O–H groups in total. The predicted octanol–water partition coefficient (Wildman–Crippen LogP) is 14.1. The molecule has 2 aliphatic rings. The van der Waals surface area contributed by atoms with Crippen LogP contribution in [0.1, 0.15) is 49.9 Å². The molecule has 0 aliphatic heterocycles. The highest BCUT2D eigenvalue weighted by atomic mass is 14.9. The Morgan fingerprint density at radius 3 is 1.79 bits per heavy atom. The van der Waals surface area contributed by atoms with Crippen molar-refractivity contribution < 1.29 is 0 Å². The maximum Gasteiger partial charge on any atom is 0.161 e. The molecule has 0 fully saturated rings. The lowest BCUT2D eigenvalue weighted by atomic mass is 9.78.